The molecule has 0 spiro atoms. The van der Waals surface area contributed by atoms with Crippen molar-refractivity contribution >= 4 is 29.3 Å². The van der Waals surface area contributed by atoms with Crippen LogP contribution in [-0.4, -0.2) is 29.7 Å². The lowest BCUT2D eigenvalue weighted by Crippen LogP contribution is -2.37. The summed E-state index contributed by atoms with van der Waals surface area (Å²) in [7, 11) is 0. The van der Waals surface area contributed by atoms with Gasteiger partial charge in [0.1, 0.15) is 0 Å². The molecule has 0 aliphatic rings. The van der Waals surface area contributed by atoms with Gasteiger partial charge in [-0.15, -0.1) is 11.8 Å². The van der Waals surface area contributed by atoms with Crippen molar-refractivity contribution in [2.24, 2.45) is 0 Å². The van der Waals surface area contributed by atoms with Crippen LogP contribution < -0.4 is 10.6 Å². The first-order valence-corrected chi connectivity index (χ1v) is 7.76. The highest BCUT2D eigenvalue weighted by Crippen LogP contribution is 2.18. The second kappa shape index (κ2) is 7.67. The number of carbonyl (C=O) groups is 2. The predicted octanol–water partition coefficient (Wildman–Crippen LogP) is 1.79. The summed E-state index contributed by atoms with van der Waals surface area (Å²) in [5, 5.41) is 14.7. The van der Waals surface area contributed by atoms with Gasteiger partial charge in [0.2, 0.25) is 0 Å². The normalized spacial score (nSPS) is 11.7. The Balaban J connectivity index is 1.85. The lowest BCUT2D eigenvalue weighted by molar-refractivity contribution is -0.136. The van der Waals surface area contributed by atoms with E-state index in [1.165, 1.54) is 24.3 Å². The van der Waals surface area contributed by atoms with Gasteiger partial charge in [0.25, 0.3) is 0 Å². The number of furan rings is 1. The van der Waals surface area contributed by atoms with Gasteiger partial charge >= 0.3 is 11.8 Å². The Morgan fingerprint density at radius 3 is 2.82 bits per heavy atom. The number of rotatable bonds is 5. The molecule has 2 rings (SSSR count). The van der Waals surface area contributed by atoms with Gasteiger partial charge in [-0.25, -0.2) is 0 Å². The highest BCUT2D eigenvalue weighted by Gasteiger charge is 2.16. The highest BCUT2D eigenvalue weighted by molar-refractivity contribution is 7.98. The molecule has 1 aromatic carbocycles. The number of nitrogens with one attached hydrogen (secondary N) is 2. The Labute approximate surface area is 131 Å². The Morgan fingerprint density at radius 1 is 1.32 bits per heavy atom. The second-order valence-electron chi connectivity index (χ2n) is 4.47. The van der Waals surface area contributed by atoms with Gasteiger partial charge in [-0.1, -0.05) is 6.07 Å². The Hall–Kier alpha value is -2.25. The van der Waals surface area contributed by atoms with Crippen LogP contribution in [0.5, 0.6) is 0 Å². The summed E-state index contributed by atoms with van der Waals surface area (Å²) >= 11 is 1.54. The van der Waals surface area contributed by atoms with Crippen molar-refractivity contribution in [1.82, 2.24) is 5.32 Å². The van der Waals surface area contributed by atoms with E-state index < -0.39 is 17.9 Å². The lowest BCUT2D eigenvalue weighted by Gasteiger charge is -2.10. The molecule has 0 unspecified atom stereocenters. The standard InChI is InChI=1S/C15H16N2O4S/c1-22-12-4-2-3-11(7-12)17-15(20)14(19)16-8-13(18)10-5-6-21-9-10/h2-7,9,13,18H,8H2,1H3,(H,16,19)(H,17,20)/t13-/m0/s1. The van der Waals surface area contributed by atoms with Crippen LogP contribution in [0, 0.1) is 0 Å². The third kappa shape index (κ3) is 4.37. The average molecular weight is 320 g/mol. The molecule has 2 amide bonds. The summed E-state index contributed by atoms with van der Waals surface area (Å²) in [5.74, 6) is -1.59. The van der Waals surface area contributed by atoms with E-state index >= 15 is 0 Å². The Bertz CT molecular complexity index is 643. The van der Waals surface area contributed by atoms with Crippen LogP contribution in [0.3, 0.4) is 0 Å². The van der Waals surface area contributed by atoms with E-state index in [-0.39, 0.29) is 6.54 Å². The number of carbonyl (C=O) groups excluding carboxylic acids is 2. The Kier molecular flexibility index (Phi) is 5.62. The SMILES string of the molecule is CSc1cccc(NC(=O)C(=O)NC[C@H](O)c2ccoc2)c1. The zero-order chi connectivity index (χ0) is 15.9. The van der Waals surface area contributed by atoms with Crippen molar-refractivity contribution in [3.63, 3.8) is 0 Å². The number of aliphatic hydroxyl groups is 1. The number of hydrogen-bond acceptors (Lipinski definition) is 5. The summed E-state index contributed by atoms with van der Waals surface area (Å²) in [6, 6.07) is 8.76. The average Bonchev–Trinajstić information content (AvgIpc) is 3.06. The van der Waals surface area contributed by atoms with E-state index in [0.717, 1.165) is 4.90 Å². The maximum atomic E-state index is 11.8. The maximum Gasteiger partial charge on any atom is 0.313 e. The minimum absolute atomic E-state index is 0.0728. The summed E-state index contributed by atoms with van der Waals surface area (Å²) in [4.78, 5) is 24.5. The number of thioether (sulfide) groups is 1. The summed E-state index contributed by atoms with van der Waals surface area (Å²) in [6.45, 7) is -0.0728. The van der Waals surface area contributed by atoms with Crippen molar-refractivity contribution in [2.75, 3.05) is 18.1 Å². The molecule has 7 heteroatoms. The third-order valence-corrected chi connectivity index (χ3v) is 3.64. The van der Waals surface area contributed by atoms with Gasteiger partial charge in [0, 0.05) is 22.7 Å². The predicted molar refractivity (Wildman–Crippen MR) is 83.5 cm³/mol. The molecule has 0 aliphatic carbocycles. The molecule has 0 saturated heterocycles. The molecular weight excluding hydrogens is 304 g/mol. The van der Waals surface area contributed by atoms with Crippen LogP contribution in [0.4, 0.5) is 5.69 Å². The van der Waals surface area contributed by atoms with Crippen LogP contribution in [0.25, 0.3) is 0 Å². The monoisotopic (exact) mass is 320 g/mol. The first-order valence-electron chi connectivity index (χ1n) is 6.53. The smallest absolute Gasteiger partial charge is 0.313 e. The van der Waals surface area contributed by atoms with Crippen LogP contribution in [-0.2, 0) is 9.59 Å². The van der Waals surface area contributed by atoms with Crippen molar-refractivity contribution in [3.8, 4) is 0 Å². The summed E-state index contributed by atoms with van der Waals surface area (Å²) < 4.78 is 4.84. The van der Waals surface area contributed by atoms with E-state index in [1.54, 1.807) is 24.3 Å². The lowest BCUT2D eigenvalue weighted by atomic mass is 10.2. The quantitative estimate of drug-likeness (QED) is 0.577. The van der Waals surface area contributed by atoms with Crippen LogP contribution >= 0.6 is 11.8 Å². The number of aliphatic hydroxyl groups excluding tert-OH is 1. The minimum Gasteiger partial charge on any atom is -0.472 e. The van der Waals surface area contributed by atoms with E-state index in [2.05, 4.69) is 10.6 Å². The fourth-order valence-corrected chi connectivity index (χ4v) is 2.20. The number of benzene rings is 1. The molecule has 0 radical (unpaired) electrons. The molecule has 22 heavy (non-hydrogen) atoms. The molecule has 0 fully saturated rings. The largest absolute Gasteiger partial charge is 0.472 e. The molecule has 2 aromatic rings. The fourth-order valence-electron chi connectivity index (χ4n) is 1.74. The van der Waals surface area contributed by atoms with Crippen LogP contribution in [0.1, 0.15) is 11.7 Å². The molecular formula is C15H16N2O4S. The van der Waals surface area contributed by atoms with Gasteiger partial charge in [-0.2, -0.15) is 0 Å². The third-order valence-electron chi connectivity index (χ3n) is 2.92. The van der Waals surface area contributed by atoms with E-state index in [9.17, 15) is 14.7 Å². The Morgan fingerprint density at radius 2 is 2.14 bits per heavy atom. The molecule has 1 aromatic heterocycles. The highest BCUT2D eigenvalue weighted by atomic mass is 32.2. The van der Waals surface area contributed by atoms with Crippen molar-refractivity contribution < 1.29 is 19.1 Å². The molecule has 116 valence electrons. The minimum atomic E-state index is -0.921. The molecule has 0 aliphatic heterocycles. The van der Waals surface area contributed by atoms with Crippen molar-refractivity contribution in [2.45, 2.75) is 11.0 Å². The second-order valence-corrected chi connectivity index (χ2v) is 5.35. The zero-order valence-electron chi connectivity index (χ0n) is 11.9. The van der Waals surface area contributed by atoms with Gasteiger partial charge in [0.15, 0.2) is 0 Å². The first kappa shape index (κ1) is 16.1. The number of amides is 2. The van der Waals surface area contributed by atoms with Gasteiger partial charge in [-0.05, 0) is 30.5 Å². The summed E-state index contributed by atoms with van der Waals surface area (Å²) in [5.41, 5.74) is 1.08. The fraction of sp³-hybridized carbons (Fsp3) is 0.200. The van der Waals surface area contributed by atoms with Crippen LogP contribution in [0.2, 0.25) is 0 Å². The molecule has 0 bridgehead atoms. The molecule has 6 nitrogen and oxygen atoms in total. The first-order chi connectivity index (χ1) is 10.6. The molecule has 1 heterocycles. The molecule has 1 atom stereocenters. The zero-order valence-corrected chi connectivity index (χ0v) is 12.7. The van der Waals surface area contributed by atoms with E-state index in [1.807, 2.05) is 12.3 Å². The molecule has 0 saturated carbocycles. The number of anilines is 1. The maximum absolute atomic E-state index is 11.8. The van der Waals surface area contributed by atoms with Gasteiger partial charge in [-0.3, -0.25) is 9.59 Å². The van der Waals surface area contributed by atoms with E-state index in [4.69, 9.17) is 4.42 Å². The van der Waals surface area contributed by atoms with Crippen molar-refractivity contribution in [1.29, 1.82) is 0 Å². The van der Waals surface area contributed by atoms with Gasteiger partial charge in [0.05, 0.1) is 18.6 Å². The summed E-state index contributed by atoms with van der Waals surface area (Å²) in [6.07, 6.45) is 3.80. The van der Waals surface area contributed by atoms with Crippen molar-refractivity contribution in [3.05, 3.63) is 48.4 Å². The van der Waals surface area contributed by atoms with E-state index in [0.29, 0.717) is 11.3 Å². The van der Waals surface area contributed by atoms with Crippen LogP contribution in [0.15, 0.2) is 52.2 Å². The molecule has 3 N–H and O–H groups in total. The number of hydrogen-bond donors (Lipinski definition) is 3. The van der Waals surface area contributed by atoms with Gasteiger partial charge < -0.3 is 20.2 Å². The topological polar surface area (TPSA) is 91.6 Å².